The molecule has 1 N–H and O–H groups in total. The smallest absolute Gasteiger partial charge is 0.120 e. The van der Waals surface area contributed by atoms with Gasteiger partial charge in [-0.3, -0.25) is 4.98 Å². The Balaban J connectivity index is 2.10. The molecule has 0 unspecified atom stereocenters. The van der Waals surface area contributed by atoms with E-state index in [2.05, 4.69) is 10.1 Å². The fourth-order valence-corrected chi connectivity index (χ4v) is 1.72. The van der Waals surface area contributed by atoms with Crippen molar-refractivity contribution in [2.24, 2.45) is 5.16 Å². The second-order valence-corrected chi connectivity index (χ2v) is 4.38. The van der Waals surface area contributed by atoms with E-state index in [1.807, 2.05) is 30.3 Å². The summed E-state index contributed by atoms with van der Waals surface area (Å²) in [5.74, 6) is 0.688. The highest BCUT2D eigenvalue weighted by molar-refractivity contribution is 6.31. The monoisotopic (exact) mass is 276 g/mol. The third kappa shape index (κ3) is 3.45. The van der Waals surface area contributed by atoms with Crippen LogP contribution in [-0.2, 0) is 6.61 Å². The summed E-state index contributed by atoms with van der Waals surface area (Å²) >= 11 is 6.00. The SMILES string of the molecule is CC(=NO)c1cccc(OCc2ccncc2Cl)c1. The lowest BCUT2D eigenvalue weighted by Gasteiger charge is -2.08. The Labute approximate surface area is 116 Å². The van der Waals surface area contributed by atoms with Crippen molar-refractivity contribution in [1.82, 2.24) is 4.98 Å². The molecule has 2 aromatic rings. The highest BCUT2D eigenvalue weighted by Gasteiger charge is 2.03. The largest absolute Gasteiger partial charge is 0.489 e. The van der Waals surface area contributed by atoms with Crippen molar-refractivity contribution in [3.8, 4) is 5.75 Å². The van der Waals surface area contributed by atoms with Gasteiger partial charge in [0.25, 0.3) is 0 Å². The fourth-order valence-electron chi connectivity index (χ4n) is 1.55. The molecule has 1 aromatic heterocycles. The van der Waals surface area contributed by atoms with Gasteiger partial charge in [-0.05, 0) is 25.1 Å². The first-order valence-electron chi connectivity index (χ1n) is 5.71. The Morgan fingerprint density at radius 3 is 3.00 bits per heavy atom. The summed E-state index contributed by atoms with van der Waals surface area (Å²) in [5, 5.41) is 12.5. The standard InChI is InChI=1S/C14H13ClN2O2/c1-10(17-18)11-3-2-4-13(7-11)19-9-12-5-6-16-8-14(12)15/h2-8,18H,9H2,1H3. The molecule has 0 spiro atoms. The van der Waals surface area contributed by atoms with Gasteiger partial charge >= 0.3 is 0 Å². The quantitative estimate of drug-likeness (QED) is 0.528. The number of halogens is 1. The van der Waals surface area contributed by atoms with Crippen LogP contribution in [-0.4, -0.2) is 15.9 Å². The lowest BCUT2D eigenvalue weighted by atomic mass is 10.1. The van der Waals surface area contributed by atoms with Gasteiger partial charge < -0.3 is 9.94 Å². The van der Waals surface area contributed by atoms with Crippen LogP contribution in [0.4, 0.5) is 0 Å². The first-order valence-corrected chi connectivity index (χ1v) is 6.09. The maximum absolute atomic E-state index is 8.75. The molecule has 1 aromatic carbocycles. The molecular formula is C14H13ClN2O2. The Hall–Kier alpha value is -2.07. The van der Waals surface area contributed by atoms with Crippen LogP contribution < -0.4 is 4.74 Å². The van der Waals surface area contributed by atoms with E-state index in [1.54, 1.807) is 19.3 Å². The summed E-state index contributed by atoms with van der Waals surface area (Å²) in [6.45, 7) is 2.08. The third-order valence-corrected chi connectivity index (χ3v) is 2.99. The summed E-state index contributed by atoms with van der Waals surface area (Å²) in [4.78, 5) is 3.92. The predicted molar refractivity (Wildman–Crippen MR) is 74.0 cm³/mol. The Bertz CT molecular complexity index is 600. The maximum atomic E-state index is 8.75. The van der Waals surface area contributed by atoms with Crippen LogP contribution in [0.5, 0.6) is 5.75 Å². The zero-order chi connectivity index (χ0) is 13.7. The lowest BCUT2D eigenvalue weighted by Crippen LogP contribution is -1.99. The Morgan fingerprint density at radius 2 is 2.26 bits per heavy atom. The Kier molecular flexibility index (Phi) is 4.36. The number of rotatable bonds is 4. The molecule has 0 aliphatic rings. The van der Waals surface area contributed by atoms with Crippen LogP contribution in [0.15, 0.2) is 47.9 Å². The molecule has 4 nitrogen and oxygen atoms in total. The van der Waals surface area contributed by atoms with Crippen molar-refractivity contribution in [1.29, 1.82) is 0 Å². The van der Waals surface area contributed by atoms with Crippen molar-refractivity contribution >= 4 is 17.3 Å². The molecule has 0 fully saturated rings. The van der Waals surface area contributed by atoms with Gasteiger partial charge in [-0.15, -0.1) is 0 Å². The number of aromatic nitrogens is 1. The van der Waals surface area contributed by atoms with Crippen LogP contribution in [0.2, 0.25) is 5.02 Å². The number of nitrogens with zero attached hydrogens (tertiary/aromatic N) is 2. The van der Waals surface area contributed by atoms with E-state index in [0.717, 1.165) is 11.1 Å². The van der Waals surface area contributed by atoms with Gasteiger partial charge in [-0.1, -0.05) is 28.9 Å². The summed E-state index contributed by atoms with van der Waals surface area (Å²) < 4.78 is 5.66. The Morgan fingerprint density at radius 1 is 1.42 bits per heavy atom. The number of benzene rings is 1. The second-order valence-electron chi connectivity index (χ2n) is 3.97. The van der Waals surface area contributed by atoms with E-state index in [0.29, 0.717) is 23.1 Å². The average molecular weight is 277 g/mol. The molecule has 0 aliphatic carbocycles. The average Bonchev–Trinajstić information content (AvgIpc) is 2.46. The van der Waals surface area contributed by atoms with E-state index in [4.69, 9.17) is 21.5 Å². The van der Waals surface area contributed by atoms with Crippen LogP contribution in [0.1, 0.15) is 18.1 Å². The van der Waals surface area contributed by atoms with E-state index >= 15 is 0 Å². The number of pyridine rings is 1. The van der Waals surface area contributed by atoms with Gasteiger partial charge in [0, 0.05) is 23.5 Å². The van der Waals surface area contributed by atoms with Crippen molar-refractivity contribution < 1.29 is 9.94 Å². The van der Waals surface area contributed by atoms with Gasteiger partial charge in [-0.25, -0.2) is 0 Å². The first kappa shape index (κ1) is 13.4. The minimum absolute atomic E-state index is 0.361. The topological polar surface area (TPSA) is 54.7 Å². The molecule has 0 aliphatic heterocycles. The molecule has 98 valence electrons. The fraction of sp³-hybridized carbons (Fsp3) is 0.143. The van der Waals surface area contributed by atoms with Crippen molar-refractivity contribution in [2.45, 2.75) is 13.5 Å². The molecule has 0 saturated carbocycles. The van der Waals surface area contributed by atoms with Crippen molar-refractivity contribution in [3.05, 3.63) is 58.9 Å². The molecule has 0 saturated heterocycles. The third-order valence-electron chi connectivity index (χ3n) is 2.65. The highest BCUT2D eigenvalue weighted by atomic mass is 35.5. The van der Waals surface area contributed by atoms with Gasteiger partial charge in [0.1, 0.15) is 12.4 Å². The lowest BCUT2D eigenvalue weighted by molar-refractivity contribution is 0.306. The molecular weight excluding hydrogens is 264 g/mol. The minimum atomic E-state index is 0.361. The minimum Gasteiger partial charge on any atom is -0.489 e. The summed E-state index contributed by atoms with van der Waals surface area (Å²) in [7, 11) is 0. The second kappa shape index (κ2) is 6.20. The van der Waals surface area contributed by atoms with Crippen LogP contribution in [0.25, 0.3) is 0 Å². The van der Waals surface area contributed by atoms with Crippen LogP contribution in [0.3, 0.4) is 0 Å². The van der Waals surface area contributed by atoms with Crippen molar-refractivity contribution in [2.75, 3.05) is 0 Å². The first-order chi connectivity index (χ1) is 9.20. The predicted octanol–water partition coefficient (Wildman–Crippen LogP) is 3.51. The van der Waals surface area contributed by atoms with Gasteiger partial charge in [0.05, 0.1) is 10.7 Å². The zero-order valence-electron chi connectivity index (χ0n) is 10.4. The summed E-state index contributed by atoms with van der Waals surface area (Å²) in [6.07, 6.45) is 3.25. The molecule has 0 atom stereocenters. The highest BCUT2D eigenvalue weighted by Crippen LogP contribution is 2.19. The number of oxime groups is 1. The molecule has 5 heteroatoms. The normalized spacial score (nSPS) is 11.4. The van der Waals surface area contributed by atoms with E-state index in [9.17, 15) is 0 Å². The molecule has 0 bridgehead atoms. The number of hydrogen-bond donors (Lipinski definition) is 1. The van der Waals surface area contributed by atoms with Crippen molar-refractivity contribution in [3.63, 3.8) is 0 Å². The van der Waals surface area contributed by atoms with E-state index in [-0.39, 0.29) is 0 Å². The zero-order valence-corrected chi connectivity index (χ0v) is 11.1. The van der Waals surface area contributed by atoms with E-state index < -0.39 is 0 Å². The van der Waals surface area contributed by atoms with Crippen LogP contribution >= 0.6 is 11.6 Å². The molecule has 19 heavy (non-hydrogen) atoms. The molecule has 0 radical (unpaired) electrons. The van der Waals surface area contributed by atoms with Crippen LogP contribution in [0, 0.1) is 0 Å². The summed E-state index contributed by atoms with van der Waals surface area (Å²) in [6, 6.07) is 9.15. The van der Waals surface area contributed by atoms with Gasteiger partial charge in [0.15, 0.2) is 0 Å². The number of hydrogen-bond acceptors (Lipinski definition) is 4. The maximum Gasteiger partial charge on any atom is 0.120 e. The molecule has 0 amide bonds. The number of ether oxygens (including phenoxy) is 1. The molecule has 2 rings (SSSR count). The van der Waals surface area contributed by atoms with Gasteiger partial charge in [0.2, 0.25) is 0 Å². The van der Waals surface area contributed by atoms with E-state index in [1.165, 1.54) is 0 Å². The van der Waals surface area contributed by atoms with Gasteiger partial charge in [-0.2, -0.15) is 0 Å². The summed E-state index contributed by atoms with van der Waals surface area (Å²) in [5.41, 5.74) is 2.21. The molecule has 1 heterocycles.